The molecule has 3 aromatic rings. The number of benzene rings is 2. The molecule has 0 aliphatic carbocycles. The lowest BCUT2D eigenvalue weighted by molar-refractivity contribution is 0.614. The van der Waals surface area contributed by atoms with Crippen LogP contribution in [-0.4, -0.2) is 0 Å². The van der Waals surface area contributed by atoms with Crippen LogP contribution in [0.4, 0.5) is 0 Å². The number of hydrogen-bond donors (Lipinski definition) is 0. The van der Waals surface area contributed by atoms with Gasteiger partial charge in [0.25, 0.3) is 0 Å². The fourth-order valence-electron chi connectivity index (χ4n) is 1.72. The second-order valence-corrected chi connectivity index (χ2v) is 4.04. The van der Waals surface area contributed by atoms with E-state index < -0.39 is 0 Å². The molecule has 0 fully saturated rings. The monoisotopic (exact) mass is 246 g/mol. The number of hydrogen-bond acceptors (Lipinski definition) is 1. The molecule has 1 heterocycles. The standard InChI is InChI=1S/C12H7BrO/c13-11-10-4-2-1-3-8(10)7-9-5-6-14-12(9)11/h1-7H. The summed E-state index contributed by atoms with van der Waals surface area (Å²) in [5, 5.41) is 3.55. The van der Waals surface area contributed by atoms with Gasteiger partial charge in [-0.15, -0.1) is 0 Å². The molecular weight excluding hydrogens is 240 g/mol. The van der Waals surface area contributed by atoms with Gasteiger partial charge in [0.05, 0.1) is 10.7 Å². The lowest BCUT2D eigenvalue weighted by Gasteiger charge is -2.00. The first-order chi connectivity index (χ1) is 6.86. The van der Waals surface area contributed by atoms with Gasteiger partial charge in [-0.25, -0.2) is 0 Å². The van der Waals surface area contributed by atoms with E-state index in [9.17, 15) is 0 Å². The van der Waals surface area contributed by atoms with E-state index in [1.807, 2.05) is 18.2 Å². The van der Waals surface area contributed by atoms with Gasteiger partial charge in [0.2, 0.25) is 0 Å². The second-order valence-electron chi connectivity index (χ2n) is 3.25. The summed E-state index contributed by atoms with van der Waals surface area (Å²) in [7, 11) is 0. The van der Waals surface area contributed by atoms with E-state index >= 15 is 0 Å². The Labute approximate surface area is 89.5 Å². The summed E-state index contributed by atoms with van der Waals surface area (Å²) in [6.07, 6.45) is 1.72. The first-order valence-corrected chi connectivity index (χ1v) is 5.20. The SMILES string of the molecule is Brc1c2ccccc2cc2ccoc12. The minimum Gasteiger partial charge on any atom is -0.463 e. The first-order valence-electron chi connectivity index (χ1n) is 4.41. The smallest absolute Gasteiger partial charge is 0.148 e. The highest BCUT2D eigenvalue weighted by Crippen LogP contribution is 2.32. The molecule has 0 aliphatic rings. The highest BCUT2D eigenvalue weighted by molar-refractivity contribution is 9.10. The summed E-state index contributed by atoms with van der Waals surface area (Å²) in [6, 6.07) is 12.4. The van der Waals surface area contributed by atoms with Crippen molar-refractivity contribution in [3.8, 4) is 0 Å². The molecule has 0 N–H and O–H groups in total. The third-order valence-electron chi connectivity index (χ3n) is 2.40. The molecule has 0 atom stereocenters. The number of halogens is 1. The van der Waals surface area contributed by atoms with Crippen LogP contribution in [0.2, 0.25) is 0 Å². The maximum absolute atomic E-state index is 5.41. The van der Waals surface area contributed by atoms with Gasteiger partial charge in [0, 0.05) is 5.39 Å². The molecule has 0 aliphatic heterocycles. The molecule has 0 saturated heterocycles. The summed E-state index contributed by atoms with van der Waals surface area (Å²) in [4.78, 5) is 0. The maximum atomic E-state index is 5.41. The minimum absolute atomic E-state index is 0.920. The first kappa shape index (κ1) is 8.06. The molecule has 3 rings (SSSR count). The van der Waals surface area contributed by atoms with Crippen LogP contribution in [-0.2, 0) is 0 Å². The van der Waals surface area contributed by atoms with E-state index in [0.717, 1.165) is 15.4 Å². The Balaban J connectivity index is 2.63. The molecule has 68 valence electrons. The molecule has 0 saturated carbocycles. The molecule has 14 heavy (non-hydrogen) atoms. The second kappa shape index (κ2) is 2.85. The van der Waals surface area contributed by atoms with Crippen LogP contribution in [0.5, 0.6) is 0 Å². The Morgan fingerprint density at radius 3 is 2.79 bits per heavy atom. The molecule has 0 unspecified atom stereocenters. The fourth-order valence-corrected chi connectivity index (χ4v) is 2.41. The van der Waals surface area contributed by atoms with E-state index in [-0.39, 0.29) is 0 Å². The molecular formula is C12H7BrO. The van der Waals surface area contributed by atoms with Gasteiger partial charge in [0.15, 0.2) is 0 Å². The molecule has 2 aromatic carbocycles. The van der Waals surface area contributed by atoms with Crippen molar-refractivity contribution >= 4 is 37.7 Å². The van der Waals surface area contributed by atoms with Crippen LogP contribution in [0.1, 0.15) is 0 Å². The molecule has 1 nitrogen and oxygen atoms in total. The van der Waals surface area contributed by atoms with Gasteiger partial charge in [-0.1, -0.05) is 24.3 Å². The Morgan fingerprint density at radius 2 is 1.86 bits per heavy atom. The topological polar surface area (TPSA) is 13.1 Å². The van der Waals surface area contributed by atoms with Crippen LogP contribution < -0.4 is 0 Å². The van der Waals surface area contributed by atoms with Crippen molar-refractivity contribution in [2.75, 3.05) is 0 Å². The summed E-state index contributed by atoms with van der Waals surface area (Å²) in [5.41, 5.74) is 0.920. The number of rotatable bonds is 0. The van der Waals surface area contributed by atoms with Crippen molar-refractivity contribution in [3.63, 3.8) is 0 Å². The molecule has 2 heteroatoms. The summed E-state index contributed by atoms with van der Waals surface area (Å²) in [6.45, 7) is 0. The fraction of sp³-hybridized carbons (Fsp3) is 0. The zero-order chi connectivity index (χ0) is 9.54. The van der Waals surface area contributed by atoms with Crippen LogP contribution in [0.3, 0.4) is 0 Å². The zero-order valence-electron chi connectivity index (χ0n) is 7.33. The van der Waals surface area contributed by atoms with E-state index in [0.29, 0.717) is 0 Å². The summed E-state index contributed by atoms with van der Waals surface area (Å²) in [5.74, 6) is 0. The van der Waals surface area contributed by atoms with Crippen molar-refractivity contribution in [2.45, 2.75) is 0 Å². The number of fused-ring (bicyclic) bond motifs is 2. The average molecular weight is 247 g/mol. The van der Waals surface area contributed by atoms with Crippen molar-refractivity contribution in [2.24, 2.45) is 0 Å². The minimum atomic E-state index is 0.920. The molecule has 0 spiro atoms. The van der Waals surface area contributed by atoms with E-state index in [1.165, 1.54) is 10.8 Å². The number of furan rings is 1. The van der Waals surface area contributed by atoms with Crippen LogP contribution in [0.15, 0.2) is 51.6 Å². The largest absolute Gasteiger partial charge is 0.463 e. The van der Waals surface area contributed by atoms with Crippen molar-refractivity contribution in [3.05, 3.63) is 47.1 Å². The Bertz CT molecular complexity index is 610. The van der Waals surface area contributed by atoms with Gasteiger partial charge in [0.1, 0.15) is 5.58 Å². The lowest BCUT2D eigenvalue weighted by atomic mass is 10.1. The Morgan fingerprint density at radius 1 is 1.00 bits per heavy atom. The quantitative estimate of drug-likeness (QED) is 0.575. The molecule has 0 radical (unpaired) electrons. The molecule has 0 bridgehead atoms. The zero-order valence-corrected chi connectivity index (χ0v) is 8.91. The van der Waals surface area contributed by atoms with E-state index in [4.69, 9.17) is 4.42 Å². The van der Waals surface area contributed by atoms with Crippen LogP contribution in [0.25, 0.3) is 21.7 Å². The third-order valence-corrected chi connectivity index (χ3v) is 3.19. The predicted octanol–water partition coefficient (Wildman–Crippen LogP) is 4.35. The average Bonchev–Trinajstić information content (AvgIpc) is 2.66. The van der Waals surface area contributed by atoms with Gasteiger partial charge >= 0.3 is 0 Å². The van der Waals surface area contributed by atoms with E-state index in [1.54, 1.807) is 6.26 Å². The third kappa shape index (κ3) is 1.01. The Hall–Kier alpha value is -1.28. The van der Waals surface area contributed by atoms with Gasteiger partial charge in [-0.2, -0.15) is 0 Å². The molecule has 1 aromatic heterocycles. The van der Waals surface area contributed by atoms with Gasteiger partial charge < -0.3 is 4.42 Å². The van der Waals surface area contributed by atoms with E-state index in [2.05, 4.69) is 34.1 Å². The Kier molecular flexibility index (Phi) is 1.64. The van der Waals surface area contributed by atoms with Gasteiger partial charge in [-0.3, -0.25) is 0 Å². The van der Waals surface area contributed by atoms with Crippen LogP contribution >= 0.6 is 15.9 Å². The van der Waals surface area contributed by atoms with Crippen molar-refractivity contribution < 1.29 is 4.42 Å². The highest BCUT2D eigenvalue weighted by Gasteiger charge is 2.06. The van der Waals surface area contributed by atoms with Crippen molar-refractivity contribution in [1.29, 1.82) is 0 Å². The normalized spacial score (nSPS) is 11.2. The predicted molar refractivity (Wildman–Crippen MR) is 61.4 cm³/mol. The maximum Gasteiger partial charge on any atom is 0.148 e. The summed E-state index contributed by atoms with van der Waals surface area (Å²) >= 11 is 3.57. The van der Waals surface area contributed by atoms with Crippen molar-refractivity contribution in [1.82, 2.24) is 0 Å². The highest BCUT2D eigenvalue weighted by atomic mass is 79.9. The lowest BCUT2D eigenvalue weighted by Crippen LogP contribution is -1.74. The summed E-state index contributed by atoms with van der Waals surface area (Å²) < 4.78 is 6.45. The molecule has 0 amide bonds. The van der Waals surface area contributed by atoms with Gasteiger partial charge in [-0.05, 0) is 38.8 Å². The van der Waals surface area contributed by atoms with Crippen LogP contribution in [0, 0.1) is 0 Å².